The van der Waals surface area contributed by atoms with Crippen molar-refractivity contribution in [1.82, 2.24) is 4.90 Å². The van der Waals surface area contributed by atoms with Crippen molar-refractivity contribution < 1.29 is 14.3 Å². The highest BCUT2D eigenvalue weighted by atomic mass is 16.5. The molecule has 1 aliphatic rings. The Kier molecular flexibility index (Phi) is 4.94. The van der Waals surface area contributed by atoms with Crippen LogP contribution in [0.1, 0.15) is 42.5 Å². The zero-order valence-electron chi connectivity index (χ0n) is 13.0. The summed E-state index contributed by atoms with van der Waals surface area (Å²) < 4.78 is 10.5. The van der Waals surface area contributed by atoms with Crippen LogP contribution in [0, 0.1) is 0 Å². The number of nitrogens with zero attached hydrogens (tertiary/aromatic N) is 1. The van der Waals surface area contributed by atoms with Crippen LogP contribution in [0.4, 0.5) is 5.69 Å². The summed E-state index contributed by atoms with van der Waals surface area (Å²) in [4.78, 5) is 14.5. The smallest absolute Gasteiger partial charge is 0.254 e. The van der Waals surface area contributed by atoms with E-state index in [1.54, 1.807) is 12.1 Å². The SMILES string of the molecule is COc1cc(C(=O)N(C)C2CCCCC2)cc(N)c1OC. The normalized spacial score (nSPS) is 15.6. The van der Waals surface area contributed by atoms with Gasteiger partial charge in [0.15, 0.2) is 11.5 Å². The molecule has 116 valence electrons. The van der Waals surface area contributed by atoms with Crippen molar-refractivity contribution >= 4 is 11.6 Å². The third-order valence-electron chi connectivity index (χ3n) is 4.20. The predicted octanol–water partition coefficient (Wildman–Crippen LogP) is 2.69. The minimum atomic E-state index is -0.0189. The largest absolute Gasteiger partial charge is 0.493 e. The second-order valence-corrected chi connectivity index (χ2v) is 5.51. The molecule has 5 heteroatoms. The Labute approximate surface area is 126 Å². The molecule has 0 atom stereocenters. The van der Waals surface area contributed by atoms with Crippen LogP contribution in [-0.2, 0) is 0 Å². The van der Waals surface area contributed by atoms with Gasteiger partial charge in [-0.05, 0) is 25.0 Å². The number of hydrogen-bond acceptors (Lipinski definition) is 4. The van der Waals surface area contributed by atoms with Crippen LogP contribution in [0.25, 0.3) is 0 Å². The molecular formula is C16H24N2O3. The third-order valence-corrected chi connectivity index (χ3v) is 4.20. The van der Waals surface area contributed by atoms with Gasteiger partial charge in [0.05, 0.1) is 19.9 Å². The molecule has 21 heavy (non-hydrogen) atoms. The van der Waals surface area contributed by atoms with Crippen LogP contribution in [0.2, 0.25) is 0 Å². The van der Waals surface area contributed by atoms with Crippen LogP contribution < -0.4 is 15.2 Å². The van der Waals surface area contributed by atoms with Gasteiger partial charge in [0.2, 0.25) is 0 Å². The van der Waals surface area contributed by atoms with Gasteiger partial charge in [0, 0.05) is 18.7 Å². The predicted molar refractivity (Wildman–Crippen MR) is 82.9 cm³/mol. The first-order valence-electron chi connectivity index (χ1n) is 7.37. The highest BCUT2D eigenvalue weighted by molar-refractivity contribution is 5.96. The molecule has 0 saturated heterocycles. The molecule has 0 aromatic heterocycles. The van der Waals surface area contributed by atoms with Gasteiger partial charge in [-0.3, -0.25) is 4.79 Å². The fourth-order valence-corrected chi connectivity index (χ4v) is 2.96. The summed E-state index contributed by atoms with van der Waals surface area (Å²) >= 11 is 0. The number of amides is 1. The zero-order valence-corrected chi connectivity index (χ0v) is 13.0. The van der Waals surface area contributed by atoms with Crippen LogP contribution >= 0.6 is 0 Å². The molecule has 0 unspecified atom stereocenters. The Bertz CT molecular complexity index is 510. The van der Waals surface area contributed by atoms with Gasteiger partial charge in [0.25, 0.3) is 5.91 Å². The molecule has 0 bridgehead atoms. The lowest BCUT2D eigenvalue weighted by molar-refractivity contribution is 0.0696. The molecule has 0 aliphatic heterocycles. The highest BCUT2D eigenvalue weighted by Crippen LogP contribution is 2.35. The average molecular weight is 292 g/mol. The van der Waals surface area contributed by atoms with Gasteiger partial charge >= 0.3 is 0 Å². The molecule has 1 aromatic rings. The number of ether oxygens (including phenoxy) is 2. The number of nitrogen functional groups attached to an aromatic ring is 1. The molecule has 1 aromatic carbocycles. The van der Waals surface area contributed by atoms with Crippen LogP contribution in [0.3, 0.4) is 0 Å². The lowest BCUT2D eigenvalue weighted by Crippen LogP contribution is -2.38. The van der Waals surface area contributed by atoms with Crippen LogP contribution in [-0.4, -0.2) is 38.1 Å². The molecule has 1 aliphatic carbocycles. The summed E-state index contributed by atoms with van der Waals surface area (Å²) in [5.74, 6) is 0.932. The van der Waals surface area contributed by atoms with Crippen molar-refractivity contribution in [2.45, 2.75) is 38.1 Å². The van der Waals surface area contributed by atoms with Crippen molar-refractivity contribution in [3.05, 3.63) is 17.7 Å². The minimum Gasteiger partial charge on any atom is -0.493 e. The molecule has 0 spiro atoms. The minimum absolute atomic E-state index is 0.0189. The van der Waals surface area contributed by atoms with Crippen molar-refractivity contribution in [1.29, 1.82) is 0 Å². The van der Waals surface area contributed by atoms with E-state index in [-0.39, 0.29) is 5.91 Å². The molecule has 0 radical (unpaired) electrons. The van der Waals surface area contributed by atoms with E-state index in [4.69, 9.17) is 15.2 Å². The van der Waals surface area contributed by atoms with Crippen molar-refractivity contribution in [2.24, 2.45) is 0 Å². The first-order chi connectivity index (χ1) is 10.1. The summed E-state index contributed by atoms with van der Waals surface area (Å²) in [5.41, 5.74) is 6.90. The Morgan fingerprint density at radius 2 is 1.86 bits per heavy atom. The van der Waals surface area contributed by atoms with E-state index in [0.717, 1.165) is 12.8 Å². The van der Waals surface area contributed by atoms with Gasteiger partial charge in [-0.15, -0.1) is 0 Å². The molecule has 1 amide bonds. The average Bonchev–Trinajstić information content (AvgIpc) is 2.53. The second-order valence-electron chi connectivity index (χ2n) is 5.51. The van der Waals surface area contributed by atoms with Gasteiger partial charge in [-0.25, -0.2) is 0 Å². The molecule has 1 fully saturated rings. The zero-order chi connectivity index (χ0) is 15.4. The third kappa shape index (κ3) is 3.23. The van der Waals surface area contributed by atoms with E-state index >= 15 is 0 Å². The molecule has 1 saturated carbocycles. The Morgan fingerprint density at radius 3 is 2.43 bits per heavy atom. The van der Waals surface area contributed by atoms with E-state index < -0.39 is 0 Å². The lowest BCUT2D eigenvalue weighted by Gasteiger charge is -2.31. The summed E-state index contributed by atoms with van der Waals surface area (Å²) in [5, 5.41) is 0. The van der Waals surface area contributed by atoms with E-state index in [1.165, 1.54) is 33.5 Å². The number of anilines is 1. The summed E-state index contributed by atoms with van der Waals surface area (Å²) in [6.45, 7) is 0. The van der Waals surface area contributed by atoms with Crippen molar-refractivity contribution in [3.63, 3.8) is 0 Å². The monoisotopic (exact) mass is 292 g/mol. The first kappa shape index (κ1) is 15.5. The molecular weight excluding hydrogens is 268 g/mol. The number of rotatable bonds is 4. The van der Waals surface area contributed by atoms with E-state index in [2.05, 4.69) is 0 Å². The number of hydrogen-bond donors (Lipinski definition) is 1. The fourth-order valence-electron chi connectivity index (χ4n) is 2.96. The van der Waals surface area contributed by atoms with Crippen LogP contribution in [0.15, 0.2) is 12.1 Å². The lowest BCUT2D eigenvalue weighted by atomic mass is 9.94. The summed E-state index contributed by atoms with van der Waals surface area (Å²) in [7, 11) is 4.94. The Morgan fingerprint density at radius 1 is 1.19 bits per heavy atom. The molecule has 2 rings (SSSR count). The van der Waals surface area contributed by atoms with Gasteiger partial charge in [0.1, 0.15) is 0 Å². The van der Waals surface area contributed by atoms with Crippen molar-refractivity contribution in [3.8, 4) is 11.5 Å². The number of methoxy groups -OCH3 is 2. The van der Waals surface area contributed by atoms with Gasteiger partial charge in [-0.1, -0.05) is 19.3 Å². The Hall–Kier alpha value is -1.91. The highest BCUT2D eigenvalue weighted by Gasteiger charge is 2.24. The summed E-state index contributed by atoms with van der Waals surface area (Å²) in [6.07, 6.45) is 5.80. The van der Waals surface area contributed by atoms with Gasteiger partial charge < -0.3 is 20.1 Å². The number of benzene rings is 1. The number of nitrogens with two attached hydrogens (primary N) is 1. The van der Waals surface area contributed by atoms with Crippen LogP contribution in [0.5, 0.6) is 11.5 Å². The quantitative estimate of drug-likeness (QED) is 0.867. The fraction of sp³-hybridized carbons (Fsp3) is 0.562. The maximum absolute atomic E-state index is 12.6. The van der Waals surface area contributed by atoms with Gasteiger partial charge in [-0.2, -0.15) is 0 Å². The van der Waals surface area contributed by atoms with E-state index in [9.17, 15) is 4.79 Å². The number of carbonyl (C=O) groups is 1. The van der Waals surface area contributed by atoms with E-state index in [0.29, 0.717) is 28.8 Å². The molecule has 0 heterocycles. The molecule has 2 N–H and O–H groups in total. The topological polar surface area (TPSA) is 64.8 Å². The maximum atomic E-state index is 12.6. The first-order valence-corrected chi connectivity index (χ1v) is 7.37. The number of carbonyl (C=O) groups excluding carboxylic acids is 1. The Balaban J connectivity index is 2.24. The van der Waals surface area contributed by atoms with E-state index in [1.807, 2.05) is 11.9 Å². The standard InChI is InChI=1S/C16H24N2O3/c1-18(12-7-5-4-6-8-12)16(19)11-9-13(17)15(21-3)14(10-11)20-2/h9-10,12H,4-8,17H2,1-3H3. The second kappa shape index (κ2) is 6.70. The van der Waals surface area contributed by atoms with Crippen molar-refractivity contribution in [2.75, 3.05) is 27.0 Å². The molecule has 5 nitrogen and oxygen atoms in total. The maximum Gasteiger partial charge on any atom is 0.254 e. The summed E-state index contributed by atoms with van der Waals surface area (Å²) in [6, 6.07) is 3.67.